The Kier molecular flexibility index (Phi) is 6.88. The fourth-order valence-electron chi connectivity index (χ4n) is 10.1. The van der Waals surface area contributed by atoms with Crippen molar-refractivity contribution in [3.05, 3.63) is 241 Å². The van der Waals surface area contributed by atoms with Crippen molar-refractivity contribution in [3.63, 3.8) is 0 Å². The molecule has 1 spiro atoms. The summed E-state index contributed by atoms with van der Waals surface area (Å²) in [6.45, 7) is 0. The highest BCUT2D eigenvalue weighted by Crippen LogP contribution is 2.63. The molecule has 0 radical (unpaired) electrons. The highest BCUT2D eigenvalue weighted by molar-refractivity contribution is 6.09. The molecule has 9 aromatic carbocycles. The van der Waals surface area contributed by atoms with Gasteiger partial charge in [-0.2, -0.15) is 0 Å². The number of fused-ring (bicyclic) bond motifs is 13. The van der Waals surface area contributed by atoms with Crippen LogP contribution in [0.4, 0.5) is 17.1 Å². The van der Waals surface area contributed by atoms with Gasteiger partial charge in [0.1, 0.15) is 0 Å². The number of hydrogen-bond donors (Lipinski definition) is 0. The monoisotopic (exact) mass is 724 g/mol. The average Bonchev–Trinajstić information content (AvgIpc) is 3.89. The van der Waals surface area contributed by atoms with E-state index in [4.69, 9.17) is 0 Å². The Morgan fingerprint density at radius 1 is 0.316 bits per heavy atom. The van der Waals surface area contributed by atoms with Crippen LogP contribution in [-0.2, 0) is 5.41 Å². The Morgan fingerprint density at radius 3 is 1.30 bits per heavy atom. The van der Waals surface area contributed by atoms with E-state index in [-0.39, 0.29) is 0 Å². The second-order valence-electron chi connectivity index (χ2n) is 15.3. The van der Waals surface area contributed by atoms with Gasteiger partial charge in [0, 0.05) is 33.5 Å². The summed E-state index contributed by atoms with van der Waals surface area (Å²) >= 11 is 0. The van der Waals surface area contributed by atoms with Gasteiger partial charge >= 0.3 is 0 Å². The number of aromatic nitrogens is 1. The molecule has 0 fully saturated rings. The minimum atomic E-state index is -0.418. The van der Waals surface area contributed by atoms with E-state index in [1.165, 1.54) is 77.4 Å². The van der Waals surface area contributed by atoms with Crippen LogP contribution in [0.15, 0.2) is 218 Å². The van der Waals surface area contributed by atoms with E-state index in [9.17, 15) is 0 Å². The third kappa shape index (κ3) is 4.53. The summed E-state index contributed by atoms with van der Waals surface area (Å²) in [5, 5.41) is 2.53. The van der Waals surface area contributed by atoms with Crippen LogP contribution in [0.3, 0.4) is 0 Å². The molecule has 10 aromatic rings. The number of benzene rings is 9. The number of nitrogens with zero attached hydrogens (tertiary/aromatic N) is 2. The molecular weight excluding hydrogens is 689 g/mol. The predicted molar refractivity (Wildman–Crippen MR) is 237 cm³/mol. The zero-order valence-corrected chi connectivity index (χ0v) is 31.2. The first kappa shape index (κ1) is 31.9. The van der Waals surface area contributed by atoms with Crippen molar-refractivity contribution in [2.24, 2.45) is 0 Å². The third-order valence-corrected chi connectivity index (χ3v) is 12.4. The molecule has 12 rings (SSSR count). The van der Waals surface area contributed by atoms with E-state index in [0.29, 0.717) is 0 Å². The highest BCUT2D eigenvalue weighted by Gasteiger charge is 2.51. The van der Waals surface area contributed by atoms with Crippen LogP contribution in [-0.4, -0.2) is 4.57 Å². The quantitative estimate of drug-likeness (QED) is 0.172. The first-order valence-electron chi connectivity index (χ1n) is 19.8. The lowest BCUT2D eigenvalue weighted by molar-refractivity contribution is 0.793. The van der Waals surface area contributed by atoms with Gasteiger partial charge in [-0.15, -0.1) is 0 Å². The lowest BCUT2D eigenvalue weighted by Gasteiger charge is -2.32. The maximum atomic E-state index is 2.47. The predicted octanol–water partition coefficient (Wildman–Crippen LogP) is 14.3. The van der Waals surface area contributed by atoms with Gasteiger partial charge in [0.15, 0.2) is 0 Å². The first-order chi connectivity index (χ1) is 28.3. The topological polar surface area (TPSA) is 8.17 Å². The molecule has 1 heterocycles. The molecule has 0 atom stereocenters. The van der Waals surface area contributed by atoms with E-state index < -0.39 is 5.41 Å². The normalized spacial score (nSPS) is 13.1. The van der Waals surface area contributed by atoms with Crippen LogP contribution in [0, 0.1) is 0 Å². The van der Waals surface area contributed by atoms with Crippen LogP contribution in [0.1, 0.15) is 22.3 Å². The van der Waals surface area contributed by atoms with Crippen LogP contribution in [0.25, 0.3) is 60.9 Å². The molecular formula is C55H36N2. The molecule has 0 saturated carbocycles. The Hall–Kier alpha value is -7.42. The zero-order valence-electron chi connectivity index (χ0n) is 31.2. The van der Waals surface area contributed by atoms with Gasteiger partial charge in [0.05, 0.1) is 16.4 Å². The van der Waals surface area contributed by atoms with Crippen molar-refractivity contribution in [1.29, 1.82) is 0 Å². The largest absolute Gasteiger partial charge is 0.310 e. The van der Waals surface area contributed by atoms with Gasteiger partial charge in [-0.05, 0) is 116 Å². The van der Waals surface area contributed by atoms with Gasteiger partial charge in [-0.25, -0.2) is 0 Å². The molecule has 0 saturated heterocycles. The van der Waals surface area contributed by atoms with Crippen LogP contribution in [0.5, 0.6) is 0 Å². The summed E-state index contributed by atoms with van der Waals surface area (Å²) < 4.78 is 2.39. The molecule has 2 heteroatoms. The van der Waals surface area contributed by atoms with Gasteiger partial charge < -0.3 is 9.47 Å². The van der Waals surface area contributed by atoms with Gasteiger partial charge in [-0.3, -0.25) is 0 Å². The molecule has 0 bridgehead atoms. The fraction of sp³-hybridized carbons (Fsp3) is 0.0182. The van der Waals surface area contributed by atoms with Gasteiger partial charge in [0.2, 0.25) is 0 Å². The van der Waals surface area contributed by atoms with Crippen molar-refractivity contribution < 1.29 is 0 Å². The summed E-state index contributed by atoms with van der Waals surface area (Å²) in [6.07, 6.45) is 0. The van der Waals surface area contributed by atoms with E-state index in [0.717, 1.165) is 22.7 Å². The van der Waals surface area contributed by atoms with E-state index in [1.807, 2.05) is 0 Å². The molecule has 2 aliphatic rings. The Bertz CT molecular complexity index is 3050. The summed E-state index contributed by atoms with van der Waals surface area (Å²) in [6, 6.07) is 80.4. The second kappa shape index (κ2) is 12.3. The van der Waals surface area contributed by atoms with Gasteiger partial charge in [0.25, 0.3) is 0 Å². The molecule has 0 amide bonds. The summed E-state index contributed by atoms with van der Waals surface area (Å²) in [5.74, 6) is 0. The minimum absolute atomic E-state index is 0.418. The number of rotatable bonds is 5. The number of para-hydroxylation sites is 2. The Labute approximate surface area is 332 Å². The van der Waals surface area contributed by atoms with E-state index in [1.54, 1.807) is 0 Å². The van der Waals surface area contributed by atoms with Crippen molar-refractivity contribution in [2.45, 2.75) is 5.41 Å². The molecule has 0 N–H and O–H groups in total. The summed E-state index contributed by atoms with van der Waals surface area (Å²) in [4.78, 5) is 2.42. The third-order valence-electron chi connectivity index (χ3n) is 12.4. The van der Waals surface area contributed by atoms with Gasteiger partial charge in [-0.1, -0.05) is 158 Å². The Balaban J connectivity index is 1.06. The summed E-state index contributed by atoms with van der Waals surface area (Å²) in [5.41, 5.74) is 19.5. The van der Waals surface area contributed by atoms with Crippen molar-refractivity contribution in [2.75, 3.05) is 4.90 Å². The highest BCUT2D eigenvalue weighted by atomic mass is 15.1. The maximum Gasteiger partial charge on any atom is 0.0726 e. The average molecular weight is 725 g/mol. The lowest BCUT2D eigenvalue weighted by Crippen LogP contribution is -2.26. The molecule has 266 valence electrons. The Morgan fingerprint density at radius 2 is 0.737 bits per heavy atom. The molecule has 1 aromatic heterocycles. The lowest BCUT2D eigenvalue weighted by atomic mass is 9.70. The SMILES string of the molecule is c1ccc(-c2ccc(N(c3ccc(-n4c5ccccc5c5ccccc54)cc3)c3ccc4c(c3)C3(c5ccccc5-c5ccccc53)c3ccccc3-4)cc2)cc1. The number of anilines is 3. The van der Waals surface area contributed by atoms with Crippen molar-refractivity contribution >= 4 is 38.9 Å². The summed E-state index contributed by atoms with van der Waals surface area (Å²) in [7, 11) is 0. The van der Waals surface area contributed by atoms with Crippen LogP contribution >= 0.6 is 0 Å². The molecule has 2 aliphatic carbocycles. The van der Waals surface area contributed by atoms with Crippen molar-refractivity contribution in [1.82, 2.24) is 4.57 Å². The molecule has 57 heavy (non-hydrogen) atoms. The molecule has 0 aliphatic heterocycles. The maximum absolute atomic E-state index is 2.47. The van der Waals surface area contributed by atoms with Crippen molar-refractivity contribution in [3.8, 4) is 39.1 Å². The van der Waals surface area contributed by atoms with Crippen LogP contribution < -0.4 is 4.90 Å². The van der Waals surface area contributed by atoms with Crippen LogP contribution in [0.2, 0.25) is 0 Å². The first-order valence-corrected chi connectivity index (χ1v) is 19.8. The zero-order chi connectivity index (χ0) is 37.5. The number of hydrogen-bond acceptors (Lipinski definition) is 1. The smallest absolute Gasteiger partial charge is 0.0726 e. The minimum Gasteiger partial charge on any atom is -0.310 e. The molecule has 2 nitrogen and oxygen atoms in total. The second-order valence-corrected chi connectivity index (χ2v) is 15.3. The fourth-order valence-corrected chi connectivity index (χ4v) is 10.1. The standard InChI is InChI=1S/C55H36N2/c1-2-14-37(15-3-1)38-26-28-39(29-27-38)56(40-30-32-41(33-31-40)57-53-24-12-7-19-47(53)48-20-8-13-25-54(48)57)42-34-35-46-45-18-6-11-23-51(45)55(52(46)36-42)49-21-9-4-16-43(49)44-17-5-10-22-50(44)55/h1-36H. The van der Waals surface area contributed by atoms with E-state index in [2.05, 4.69) is 228 Å². The van der Waals surface area contributed by atoms with E-state index >= 15 is 0 Å². The molecule has 0 unspecified atom stereocenters.